The Bertz CT molecular complexity index is 1660. The number of nitrogens with one attached hydrogen (secondary N) is 1. The van der Waals surface area contributed by atoms with Crippen molar-refractivity contribution in [2.75, 3.05) is 0 Å². The molecule has 2 aromatic carbocycles. The van der Waals surface area contributed by atoms with Gasteiger partial charge in [-0.3, -0.25) is 0 Å². The predicted octanol–water partition coefficient (Wildman–Crippen LogP) is 6.15. The second kappa shape index (κ2) is 10.3. The van der Waals surface area contributed by atoms with Crippen molar-refractivity contribution < 1.29 is 8.42 Å². The molecule has 11 heteroatoms. The first-order valence-corrected chi connectivity index (χ1v) is 14.3. The quantitative estimate of drug-likeness (QED) is 0.226. The SMILES string of the molecule is Cc1ccc(-c2nc3ccc(Sc4ccccc4)nn3c2CNS(=O)(=O)c2cnc(Cl)c(Br)c2)cc1. The molecule has 0 aliphatic rings. The summed E-state index contributed by atoms with van der Waals surface area (Å²) in [7, 11) is -3.88. The number of hydrogen-bond acceptors (Lipinski definition) is 6. The molecule has 7 nitrogen and oxygen atoms in total. The first-order chi connectivity index (χ1) is 17.3. The van der Waals surface area contributed by atoms with Gasteiger partial charge in [-0.2, -0.15) is 5.10 Å². The van der Waals surface area contributed by atoms with Crippen molar-refractivity contribution in [2.24, 2.45) is 0 Å². The molecule has 3 aromatic heterocycles. The Morgan fingerprint density at radius 1 is 1.06 bits per heavy atom. The second-order valence-electron chi connectivity index (χ2n) is 7.90. The summed E-state index contributed by atoms with van der Waals surface area (Å²) in [5.41, 5.74) is 3.88. The monoisotopic (exact) mass is 599 g/mol. The van der Waals surface area contributed by atoms with Crippen LogP contribution in [-0.2, 0) is 16.6 Å². The molecule has 1 N–H and O–H groups in total. The molecule has 5 aromatic rings. The van der Waals surface area contributed by atoms with Gasteiger partial charge in [0.15, 0.2) is 5.65 Å². The van der Waals surface area contributed by atoms with E-state index in [9.17, 15) is 8.42 Å². The van der Waals surface area contributed by atoms with E-state index in [0.717, 1.165) is 21.0 Å². The zero-order valence-electron chi connectivity index (χ0n) is 18.9. The number of hydrogen-bond donors (Lipinski definition) is 1. The summed E-state index contributed by atoms with van der Waals surface area (Å²) in [6, 6.07) is 23.0. The number of pyridine rings is 1. The molecule has 0 radical (unpaired) electrons. The maximum Gasteiger partial charge on any atom is 0.242 e. The molecule has 0 unspecified atom stereocenters. The molecule has 36 heavy (non-hydrogen) atoms. The largest absolute Gasteiger partial charge is 0.242 e. The fourth-order valence-electron chi connectivity index (χ4n) is 3.52. The molecule has 182 valence electrons. The number of nitrogens with zero attached hydrogens (tertiary/aromatic N) is 4. The van der Waals surface area contributed by atoms with Crippen LogP contribution in [0.1, 0.15) is 11.3 Å². The molecule has 0 amide bonds. The van der Waals surface area contributed by atoms with Crippen molar-refractivity contribution in [3.8, 4) is 11.3 Å². The number of rotatable bonds is 7. The normalized spacial score (nSPS) is 11.8. The third kappa shape index (κ3) is 5.33. The van der Waals surface area contributed by atoms with Gasteiger partial charge in [0, 0.05) is 16.7 Å². The van der Waals surface area contributed by atoms with Crippen molar-refractivity contribution in [1.29, 1.82) is 0 Å². The van der Waals surface area contributed by atoms with Crippen LogP contribution in [0.15, 0.2) is 98.3 Å². The maximum atomic E-state index is 13.1. The van der Waals surface area contributed by atoms with Crippen molar-refractivity contribution in [3.05, 3.63) is 99.9 Å². The van der Waals surface area contributed by atoms with E-state index in [1.54, 1.807) is 4.52 Å². The van der Waals surface area contributed by atoms with Crippen LogP contribution in [0.4, 0.5) is 0 Å². The molecule has 0 saturated carbocycles. The summed E-state index contributed by atoms with van der Waals surface area (Å²) in [5, 5.41) is 5.72. The smallest absolute Gasteiger partial charge is 0.242 e. The number of aryl methyl sites for hydroxylation is 1. The van der Waals surface area contributed by atoms with Crippen LogP contribution in [0.25, 0.3) is 16.9 Å². The summed E-state index contributed by atoms with van der Waals surface area (Å²) >= 11 is 10.7. The van der Waals surface area contributed by atoms with Gasteiger partial charge >= 0.3 is 0 Å². The summed E-state index contributed by atoms with van der Waals surface area (Å²) < 4.78 is 30.9. The van der Waals surface area contributed by atoms with Gasteiger partial charge < -0.3 is 0 Å². The van der Waals surface area contributed by atoms with Gasteiger partial charge in [0.05, 0.1) is 22.4 Å². The van der Waals surface area contributed by atoms with Crippen LogP contribution in [0.5, 0.6) is 0 Å². The van der Waals surface area contributed by atoms with Gasteiger partial charge in [0.1, 0.15) is 15.1 Å². The fourth-order valence-corrected chi connectivity index (χ4v) is 5.88. The van der Waals surface area contributed by atoms with Crippen LogP contribution >= 0.6 is 39.3 Å². The molecule has 0 bridgehead atoms. The Hall–Kier alpha value is -2.76. The molecule has 0 spiro atoms. The highest BCUT2D eigenvalue weighted by Crippen LogP contribution is 2.29. The van der Waals surface area contributed by atoms with E-state index in [1.807, 2.05) is 73.7 Å². The van der Waals surface area contributed by atoms with Gasteiger partial charge in [0.2, 0.25) is 10.0 Å². The molecular weight excluding hydrogens is 582 g/mol. The fraction of sp³-hybridized carbons (Fsp3) is 0.0800. The number of benzene rings is 2. The minimum atomic E-state index is -3.88. The van der Waals surface area contributed by atoms with Crippen LogP contribution in [0.2, 0.25) is 5.15 Å². The lowest BCUT2D eigenvalue weighted by atomic mass is 10.1. The average molecular weight is 601 g/mol. The van der Waals surface area contributed by atoms with Crippen LogP contribution in [0.3, 0.4) is 0 Å². The lowest BCUT2D eigenvalue weighted by molar-refractivity contribution is 0.579. The Kier molecular flexibility index (Phi) is 7.14. The molecule has 0 aliphatic carbocycles. The molecule has 0 aliphatic heterocycles. The number of imidazole rings is 1. The van der Waals surface area contributed by atoms with Crippen molar-refractivity contribution in [2.45, 2.75) is 28.3 Å². The Morgan fingerprint density at radius 2 is 1.81 bits per heavy atom. The zero-order chi connectivity index (χ0) is 25.3. The van der Waals surface area contributed by atoms with Gasteiger partial charge in [-0.15, -0.1) is 0 Å². The standard InChI is InChI=1S/C25H19BrClN5O2S2/c1-16-7-9-17(10-8-16)24-21(15-29-36(33,34)19-13-20(26)25(27)28-14-19)32-22(30-24)11-12-23(31-32)35-18-5-3-2-4-6-18/h2-14,29H,15H2,1H3. The number of aromatic nitrogens is 4. The van der Waals surface area contributed by atoms with Crippen LogP contribution in [-0.4, -0.2) is 28.0 Å². The van der Waals surface area contributed by atoms with E-state index < -0.39 is 10.0 Å². The van der Waals surface area contributed by atoms with E-state index in [1.165, 1.54) is 24.0 Å². The summed E-state index contributed by atoms with van der Waals surface area (Å²) in [5.74, 6) is 0. The third-order valence-corrected chi connectivity index (χ3v) is 8.78. The molecule has 3 heterocycles. The first-order valence-electron chi connectivity index (χ1n) is 10.8. The number of fused-ring (bicyclic) bond motifs is 1. The van der Waals surface area contributed by atoms with Crippen LogP contribution in [0, 0.1) is 6.92 Å². The highest BCUT2D eigenvalue weighted by atomic mass is 79.9. The van der Waals surface area contributed by atoms with E-state index in [-0.39, 0.29) is 16.6 Å². The van der Waals surface area contributed by atoms with Crippen LogP contribution < -0.4 is 4.72 Å². The molecule has 0 saturated heterocycles. The van der Waals surface area contributed by atoms with Gasteiger partial charge in [-0.25, -0.2) is 27.6 Å². The van der Waals surface area contributed by atoms with E-state index >= 15 is 0 Å². The number of halogens is 2. The molecule has 0 fully saturated rings. The minimum absolute atomic E-state index is 0.00207. The lowest BCUT2D eigenvalue weighted by Gasteiger charge is -2.09. The van der Waals surface area contributed by atoms with Gasteiger partial charge in [-0.05, 0) is 53.2 Å². The zero-order valence-corrected chi connectivity index (χ0v) is 22.9. The van der Waals surface area contributed by atoms with Crippen molar-refractivity contribution in [3.63, 3.8) is 0 Å². The molecule has 0 atom stereocenters. The summed E-state index contributed by atoms with van der Waals surface area (Å²) in [4.78, 5) is 9.76. The maximum absolute atomic E-state index is 13.1. The van der Waals surface area contributed by atoms with E-state index in [4.69, 9.17) is 21.7 Å². The highest BCUT2D eigenvalue weighted by molar-refractivity contribution is 9.10. The van der Waals surface area contributed by atoms with Gasteiger partial charge in [0.25, 0.3) is 0 Å². The highest BCUT2D eigenvalue weighted by Gasteiger charge is 2.21. The Labute approximate surface area is 226 Å². The summed E-state index contributed by atoms with van der Waals surface area (Å²) in [6.07, 6.45) is 1.22. The predicted molar refractivity (Wildman–Crippen MR) is 145 cm³/mol. The first kappa shape index (κ1) is 24.9. The summed E-state index contributed by atoms with van der Waals surface area (Å²) in [6.45, 7) is 1.98. The molecular formula is C25H19BrClN5O2S2. The van der Waals surface area contributed by atoms with Crippen molar-refractivity contribution >= 4 is 55.0 Å². The minimum Gasteiger partial charge on any atom is -0.242 e. The average Bonchev–Trinajstić information content (AvgIpc) is 3.23. The Morgan fingerprint density at radius 3 is 2.53 bits per heavy atom. The van der Waals surface area contributed by atoms with E-state index in [2.05, 4.69) is 25.6 Å². The number of sulfonamides is 1. The topological polar surface area (TPSA) is 89.2 Å². The van der Waals surface area contributed by atoms with E-state index in [0.29, 0.717) is 21.5 Å². The Balaban J connectivity index is 1.55. The lowest BCUT2D eigenvalue weighted by Crippen LogP contribution is -2.24. The molecule has 5 rings (SSSR count). The third-order valence-electron chi connectivity index (χ3n) is 5.35. The van der Waals surface area contributed by atoms with Crippen molar-refractivity contribution in [1.82, 2.24) is 24.3 Å². The second-order valence-corrected chi connectivity index (χ2v) is 12.0. The van der Waals surface area contributed by atoms with Gasteiger partial charge in [-0.1, -0.05) is 71.4 Å².